The molecule has 0 amide bonds. The fourth-order valence-electron chi connectivity index (χ4n) is 2.42. The van der Waals surface area contributed by atoms with Crippen molar-refractivity contribution in [3.63, 3.8) is 0 Å². The van der Waals surface area contributed by atoms with Gasteiger partial charge in [-0.25, -0.2) is 0 Å². The maximum absolute atomic E-state index is 11.4. The van der Waals surface area contributed by atoms with E-state index in [1.165, 1.54) is 0 Å². The summed E-state index contributed by atoms with van der Waals surface area (Å²) in [7, 11) is 0. The summed E-state index contributed by atoms with van der Waals surface area (Å²) < 4.78 is 0. The van der Waals surface area contributed by atoms with Crippen LogP contribution in [0.4, 0.5) is 0 Å². The first-order valence-corrected chi connectivity index (χ1v) is 7.62. The van der Waals surface area contributed by atoms with Gasteiger partial charge in [-0.1, -0.05) is 60.7 Å². The summed E-state index contributed by atoms with van der Waals surface area (Å²) in [5.74, 6) is -1.95. The van der Waals surface area contributed by atoms with Gasteiger partial charge >= 0.3 is 11.9 Å². The van der Waals surface area contributed by atoms with Crippen LogP contribution in [0, 0.1) is 0 Å². The summed E-state index contributed by atoms with van der Waals surface area (Å²) in [5, 5.41) is 24.5. The van der Waals surface area contributed by atoms with Gasteiger partial charge in [-0.15, -0.1) is 0 Å². The van der Waals surface area contributed by atoms with Crippen molar-refractivity contribution in [2.45, 2.75) is 12.1 Å². The van der Waals surface area contributed by atoms with Crippen molar-refractivity contribution < 1.29 is 19.8 Å². The molecule has 0 bridgehead atoms. The molecule has 0 unspecified atom stereocenters. The molecule has 126 valence electrons. The highest BCUT2D eigenvalue weighted by Crippen LogP contribution is 2.13. The molecule has 0 saturated carbocycles. The summed E-state index contributed by atoms with van der Waals surface area (Å²) >= 11 is 0. The van der Waals surface area contributed by atoms with E-state index in [2.05, 4.69) is 10.6 Å². The van der Waals surface area contributed by atoms with Gasteiger partial charge in [-0.2, -0.15) is 0 Å². The Bertz CT molecular complexity index is 602. The van der Waals surface area contributed by atoms with E-state index in [-0.39, 0.29) is 0 Å². The van der Waals surface area contributed by atoms with Crippen LogP contribution in [0.25, 0.3) is 0 Å². The number of hydrogen-bond donors (Lipinski definition) is 4. The minimum Gasteiger partial charge on any atom is -0.480 e. The lowest BCUT2D eigenvalue weighted by molar-refractivity contribution is -0.141. The molecule has 2 rings (SSSR count). The Morgan fingerprint density at radius 1 is 0.708 bits per heavy atom. The summed E-state index contributed by atoms with van der Waals surface area (Å²) in [6.45, 7) is 0.644. The van der Waals surface area contributed by atoms with E-state index in [1.807, 2.05) is 12.1 Å². The van der Waals surface area contributed by atoms with Crippen LogP contribution >= 0.6 is 0 Å². The summed E-state index contributed by atoms with van der Waals surface area (Å²) in [4.78, 5) is 22.8. The largest absolute Gasteiger partial charge is 0.480 e. The lowest BCUT2D eigenvalue weighted by Gasteiger charge is -2.18. The molecule has 0 fully saturated rings. The van der Waals surface area contributed by atoms with E-state index < -0.39 is 24.0 Å². The van der Waals surface area contributed by atoms with Crippen LogP contribution < -0.4 is 10.6 Å². The zero-order valence-corrected chi connectivity index (χ0v) is 13.1. The third kappa shape index (κ3) is 4.91. The Hall–Kier alpha value is -2.70. The molecule has 2 aromatic carbocycles. The van der Waals surface area contributed by atoms with Gasteiger partial charge in [-0.3, -0.25) is 20.2 Å². The number of carbonyl (C=O) groups is 2. The number of hydrogen-bond acceptors (Lipinski definition) is 4. The second kappa shape index (κ2) is 8.81. The predicted molar refractivity (Wildman–Crippen MR) is 89.6 cm³/mol. The van der Waals surface area contributed by atoms with E-state index in [9.17, 15) is 19.8 Å². The first kappa shape index (κ1) is 17.7. The first-order chi connectivity index (χ1) is 11.6. The molecular formula is C18H20N2O4. The highest BCUT2D eigenvalue weighted by Gasteiger charge is 2.20. The zero-order valence-electron chi connectivity index (χ0n) is 13.1. The lowest BCUT2D eigenvalue weighted by atomic mass is 10.1. The SMILES string of the molecule is O=C(O)[C@@H](NCCN[C@@H](C(=O)O)c1ccccc1)c1ccccc1. The molecule has 0 radical (unpaired) electrons. The van der Waals surface area contributed by atoms with Crippen molar-refractivity contribution in [2.24, 2.45) is 0 Å². The summed E-state index contributed by atoms with van der Waals surface area (Å²) in [5.41, 5.74) is 1.31. The van der Waals surface area contributed by atoms with E-state index in [1.54, 1.807) is 48.5 Å². The molecule has 0 aromatic heterocycles. The smallest absolute Gasteiger partial charge is 0.325 e. The maximum atomic E-state index is 11.4. The number of carboxylic acids is 2. The normalized spacial score (nSPS) is 13.2. The average molecular weight is 328 g/mol. The van der Waals surface area contributed by atoms with Gasteiger partial charge in [0.05, 0.1) is 0 Å². The minimum absolute atomic E-state index is 0.322. The molecule has 24 heavy (non-hydrogen) atoms. The molecule has 2 aromatic rings. The fraction of sp³-hybridized carbons (Fsp3) is 0.222. The third-order valence-corrected chi connectivity index (χ3v) is 3.58. The van der Waals surface area contributed by atoms with E-state index >= 15 is 0 Å². The molecule has 0 saturated heterocycles. The second-order valence-electron chi connectivity index (χ2n) is 5.27. The van der Waals surface area contributed by atoms with Crippen LogP contribution in [-0.4, -0.2) is 35.2 Å². The van der Waals surface area contributed by atoms with Gasteiger partial charge in [0, 0.05) is 13.1 Å². The Balaban J connectivity index is 1.90. The molecule has 0 spiro atoms. The van der Waals surface area contributed by atoms with E-state index in [4.69, 9.17) is 0 Å². The Kier molecular flexibility index (Phi) is 6.48. The van der Waals surface area contributed by atoms with Crippen molar-refractivity contribution in [3.05, 3.63) is 71.8 Å². The molecular weight excluding hydrogens is 308 g/mol. The van der Waals surface area contributed by atoms with Crippen LogP contribution in [-0.2, 0) is 9.59 Å². The van der Waals surface area contributed by atoms with Crippen LogP contribution in [0.5, 0.6) is 0 Å². The van der Waals surface area contributed by atoms with Gasteiger partial charge in [0.25, 0.3) is 0 Å². The lowest BCUT2D eigenvalue weighted by Crippen LogP contribution is -2.37. The van der Waals surface area contributed by atoms with Crippen molar-refractivity contribution in [3.8, 4) is 0 Å². The number of aliphatic carboxylic acids is 2. The van der Waals surface area contributed by atoms with Gasteiger partial charge in [0.15, 0.2) is 0 Å². The van der Waals surface area contributed by atoms with Crippen LogP contribution in [0.1, 0.15) is 23.2 Å². The summed E-state index contributed by atoms with van der Waals surface area (Å²) in [6.07, 6.45) is 0. The van der Waals surface area contributed by atoms with Crippen LogP contribution in [0.15, 0.2) is 60.7 Å². The molecule has 6 heteroatoms. The van der Waals surface area contributed by atoms with Gasteiger partial charge < -0.3 is 10.2 Å². The van der Waals surface area contributed by atoms with Crippen LogP contribution in [0.2, 0.25) is 0 Å². The number of carboxylic acid groups (broad SMARTS) is 2. The first-order valence-electron chi connectivity index (χ1n) is 7.62. The molecule has 4 N–H and O–H groups in total. The zero-order chi connectivity index (χ0) is 17.4. The minimum atomic E-state index is -0.973. The monoisotopic (exact) mass is 328 g/mol. The van der Waals surface area contributed by atoms with E-state index in [0.717, 1.165) is 0 Å². The van der Waals surface area contributed by atoms with Crippen molar-refractivity contribution in [2.75, 3.05) is 13.1 Å². The van der Waals surface area contributed by atoms with Gasteiger partial charge in [0.2, 0.25) is 0 Å². The maximum Gasteiger partial charge on any atom is 0.325 e. The van der Waals surface area contributed by atoms with Crippen molar-refractivity contribution in [1.29, 1.82) is 0 Å². The third-order valence-electron chi connectivity index (χ3n) is 3.58. The Morgan fingerprint density at radius 2 is 1.04 bits per heavy atom. The quantitative estimate of drug-likeness (QED) is 0.524. The molecule has 0 aliphatic heterocycles. The van der Waals surface area contributed by atoms with E-state index in [0.29, 0.717) is 24.2 Å². The van der Waals surface area contributed by atoms with Gasteiger partial charge in [-0.05, 0) is 11.1 Å². The molecule has 0 heterocycles. The number of benzene rings is 2. The van der Waals surface area contributed by atoms with Crippen LogP contribution in [0.3, 0.4) is 0 Å². The Morgan fingerprint density at radius 3 is 1.33 bits per heavy atom. The number of nitrogens with one attached hydrogen (secondary N) is 2. The van der Waals surface area contributed by atoms with Crippen molar-refractivity contribution >= 4 is 11.9 Å². The molecule has 0 aliphatic rings. The number of rotatable bonds is 9. The topological polar surface area (TPSA) is 98.7 Å². The fourth-order valence-corrected chi connectivity index (χ4v) is 2.42. The molecule has 2 atom stereocenters. The summed E-state index contributed by atoms with van der Waals surface area (Å²) in [6, 6.07) is 16.1. The Labute approximate surface area is 140 Å². The van der Waals surface area contributed by atoms with Gasteiger partial charge in [0.1, 0.15) is 12.1 Å². The van der Waals surface area contributed by atoms with Crippen molar-refractivity contribution in [1.82, 2.24) is 10.6 Å². The molecule has 0 aliphatic carbocycles. The highest BCUT2D eigenvalue weighted by molar-refractivity contribution is 5.76. The average Bonchev–Trinajstić information content (AvgIpc) is 2.59. The predicted octanol–water partition coefficient (Wildman–Crippen LogP) is 1.82. The standard InChI is InChI=1S/C18H20N2O4/c21-17(22)15(13-7-3-1-4-8-13)19-11-12-20-16(18(23)24)14-9-5-2-6-10-14/h1-10,15-16,19-20H,11-12H2,(H,21,22)(H,23,24)/t15-,16+. The highest BCUT2D eigenvalue weighted by atomic mass is 16.4. The molecule has 6 nitrogen and oxygen atoms in total. The second-order valence-corrected chi connectivity index (χ2v) is 5.27.